The number of nitro groups is 1. The second kappa shape index (κ2) is 9.12. The molecular weight excluding hydrogens is 424 g/mol. The highest BCUT2D eigenvalue weighted by Crippen LogP contribution is 2.29. The number of amides is 1. The van der Waals surface area contributed by atoms with Gasteiger partial charge in [0, 0.05) is 12.1 Å². The van der Waals surface area contributed by atoms with Crippen LogP contribution in [0.4, 0.5) is 11.4 Å². The number of fused-ring (bicyclic) bond motifs is 1. The zero-order valence-corrected chi connectivity index (χ0v) is 17.0. The monoisotopic (exact) mass is 442 g/mol. The summed E-state index contributed by atoms with van der Waals surface area (Å²) in [5.41, 5.74) is -1.41. The number of rotatable bonds is 7. The summed E-state index contributed by atoms with van der Waals surface area (Å²) in [7, 11) is 1.32. The molecule has 0 radical (unpaired) electrons. The molecule has 1 amide bonds. The van der Waals surface area contributed by atoms with Gasteiger partial charge in [-0.05, 0) is 25.1 Å². The number of carbonyl (C=O) groups is 2. The van der Waals surface area contributed by atoms with Crippen LogP contribution in [0.15, 0.2) is 52.1 Å². The van der Waals surface area contributed by atoms with Crippen LogP contribution in [0.25, 0.3) is 10.8 Å². The fourth-order valence-electron chi connectivity index (χ4n) is 2.92. The Bertz CT molecular complexity index is 1330. The molecule has 0 aliphatic heterocycles. The van der Waals surface area contributed by atoms with Gasteiger partial charge in [-0.25, -0.2) is 4.68 Å². The number of hydrogen-bond donors (Lipinski definition) is 2. The Hall–Kier alpha value is -4.48. The van der Waals surface area contributed by atoms with E-state index in [2.05, 4.69) is 10.4 Å². The van der Waals surface area contributed by atoms with E-state index in [9.17, 15) is 29.3 Å². The molecule has 2 aromatic carbocycles. The molecule has 0 spiro atoms. The average Bonchev–Trinajstić information content (AvgIpc) is 2.77. The summed E-state index contributed by atoms with van der Waals surface area (Å²) in [6.07, 6.45) is -1.31. The number of methoxy groups -OCH3 is 1. The molecule has 0 fully saturated rings. The van der Waals surface area contributed by atoms with Gasteiger partial charge in [0.15, 0.2) is 6.10 Å². The second-order valence-electron chi connectivity index (χ2n) is 6.64. The number of anilines is 1. The Labute approximate surface area is 179 Å². The van der Waals surface area contributed by atoms with Crippen molar-refractivity contribution in [2.24, 2.45) is 0 Å². The van der Waals surface area contributed by atoms with Gasteiger partial charge >= 0.3 is 5.97 Å². The smallest absolute Gasteiger partial charge is 0.328 e. The molecule has 3 aromatic rings. The molecule has 166 valence electrons. The van der Waals surface area contributed by atoms with Crippen LogP contribution in [-0.4, -0.2) is 39.8 Å². The topological polar surface area (TPSA) is 163 Å². The first-order valence-electron chi connectivity index (χ1n) is 9.26. The second-order valence-corrected chi connectivity index (χ2v) is 6.64. The third-order valence-electron chi connectivity index (χ3n) is 4.50. The lowest BCUT2D eigenvalue weighted by molar-refractivity contribution is -0.384. The fourth-order valence-corrected chi connectivity index (χ4v) is 2.92. The first kappa shape index (κ1) is 22.2. The average molecular weight is 442 g/mol. The molecular formula is C20H18N4O8. The number of esters is 1. The summed E-state index contributed by atoms with van der Waals surface area (Å²) < 4.78 is 10.9. The van der Waals surface area contributed by atoms with Crippen molar-refractivity contribution in [3.8, 4) is 5.75 Å². The van der Waals surface area contributed by atoms with Crippen LogP contribution in [0.2, 0.25) is 0 Å². The highest BCUT2D eigenvalue weighted by Gasteiger charge is 2.21. The molecule has 0 aliphatic carbocycles. The Kier molecular flexibility index (Phi) is 6.33. The van der Waals surface area contributed by atoms with Crippen molar-refractivity contribution >= 4 is 34.0 Å². The molecule has 0 unspecified atom stereocenters. The van der Waals surface area contributed by atoms with E-state index in [0.717, 1.165) is 10.7 Å². The van der Waals surface area contributed by atoms with Crippen molar-refractivity contribution in [1.29, 1.82) is 0 Å². The molecule has 12 nitrogen and oxygen atoms in total. The zero-order chi connectivity index (χ0) is 23.4. The van der Waals surface area contributed by atoms with Crippen LogP contribution >= 0.6 is 0 Å². The van der Waals surface area contributed by atoms with Gasteiger partial charge in [-0.2, -0.15) is 0 Å². The summed E-state index contributed by atoms with van der Waals surface area (Å²) >= 11 is 0. The van der Waals surface area contributed by atoms with Crippen molar-refractivity contribution in [1.82, 2.24) is 9.78 Å². The predicted octanol–water partition coefficient (Wildman–Crippen LogP) is 1.18. The van der Waals surface area contributed by atoms with Gasteiger partial charge in [-0.1, -0.05) is 12.1 Å². The van der Waals surface area contributed by atoms with Crippen LogP contribution in [0.5, 0.6) is 5.75 Å². The lowest BCUT2D eigenvalue weighted by atomic mass is 10.2. The zero-order valence-electron chi connectivity index (χ0n) is 17.0. The minimum absolute atomic E-state index is 0.0182. The quantitative estimate of drug-likeness (QED) is 0.313. The van der Waals surface area contributed by atoms with E-state index in [1.807, 2.05) is 0 Å². The first-order chi connectivity index (χ1) is 15.2. The van der Waals surface area contributed by atoms with Crippen molar-refractivity contribution in [2.45, 2.75) is 19.6 Å². The number of H-pyrrole nitrogens is 1. The van der Waals surface area contributed by atoms with E-state index in [0.29, 0.717) is 0 Å². The summed E-state index contributed by atoms with van der Waals surface area (Å²) in [6, 6.07) is 9.74. The van der Waals surface area contributed by atoms with Crippen LogP contribution < -0.4 is 21.2 Å². The molecule has 12 heteroatoms. The van der Waals surface area contributed by atoms with Crippen molar-refractivity contribution in [3.63, 3.8) is 0 Å². The third kappa shape index (κ3) is 4.64. The number of carbonyl (C=O) groups excluding carboxylic acids is 2. The number of nitrogens with zero attached hydrogens (tertiary/aromatic N) is 2. The molecule has 32 heavy (non-hydrogen) atoms. The number of nitro benzene ring substituents is 1. The van der Waals surface area contributed by atoms with Gasteiger partial charge in [0.25, 0.3) is 22.7 Å². The summed E-state index contributed by atoms with van der Waals surface area (Å²) in [5, 5.41) is 16.0. The van der Waals surface area contributed by atoms with Crippen LogP contribution in [0, 0.1) is 10.1 Å². The molecule has 1 heterocycles. The normalized spacial score (nSPS) is 11.6. The van der Waals surface area contributed by atoms with E-state index in [-0.39, 0.29) is 27.9 Å². The van der Waals surface area contributed by atoms with Crippen molar-refractivity contribution in [2.75, 3.05) is 12.4 Å². The number of non-ortho nitro benzene ring substituents is 1. The molecule has 3 rings (SSSR count). The predicted molar refractivity (Wildman–Crippen MR) is 113 cm³/mol. The maximum atomic E-state index is 12.5. The summed E-state index contributed by atoms with van der Waals surface area (Å²) in [5.74, 6) is -1.56. The number of ether oxygens (including phenoxy) is 2. The van der Waals surface area contributed by atoms with Gasteiger partial charge in [0.2, 0.25) is 0 Å². The molecule has 0 saturated carbocycles. The largest absolute Gasteiger partial charge is 0.495 e. The lowest BCUT2D eigenvalue weighted by Gasteiger charge is -2.15. The Morgan fingerprint density at radius 3 is 2.53 bits per heavy atom. The number of benzene rings is 2. The Morgan fingerprint density at radius 1 is 1.19 bits per heavy atom. The van der Waals surface area contributed by atoms with E-state index in [1.54, 1.807) is 12.1 Å². The number of nitrogens with one attached hydrogen (secondary N) is 2. The molecule has 1 atom stereocenters. The standard InChI is InChI=1S/C20H18N4O8/c1-11(18(26)21-15-9-12(24(29)30)7-8-16(15)31-2)32-17(25)10-23-20(28)14-6-4-3-5-13(14)19(27)22-23/h3-9,11H,10H2,1-2H3,(H,21,26)(H,22,27)/t11-/m1/s1. The minimum Gasteiger partial charge on any atom is -0.495 e. The van der Waals surface area contributed by atoms with Gasteiger partial charge in [0.05, 0.1) is 28.5 Å². The summed E-state index contributed by atoms with van der Waals surface area (Å²) in [4.78, 5) is 59.6. The summed E-state index contributed by atoms with van der Waals surface area (Å²) in [6.45, 7) is 0.652. The van der Waals surface area contributed by atoms with Crippen LogP contribution in [-0.2, 0) is 20.9 Å². The molecule has 1 aromatic heterocycles. The van der Waals surface area contributed by atoms with Crippen LogP contribution in [0.3, 0.4) is 0 Å². The molecule has 0 saturated heterocycles. The van der Waals surface area contributed by atoms with Crippen molar-refractivity contribution in [3.05, 3.63) is 73.3 Å². The van der Waals surface area contributed by atoms with Crippen molar-refractivity contribution < 1.29 is 24.0 Å². The Balaban J connectivity index is 1.72. The lowest BCUT2D eigenvalue weighted by Crippen LogP contribution is -2.36. The van der Waals surface area contributed by atoms with Gasteiger partial charge in [-0.3, -0.25) is 34.4 Å². The van der Waals surface area contributed by atoms with E-state index < -0.39 is 40.6 Å². The fraction of sp³-hybridized carbons (Fsp3) is 0.200. The van der Waals surface area contributed by atoms with Crippen LogP contribution in [0.1, 0.15) is 6.92 Å². The van der Waals surface area contributed by atoms with E-state index in [1.165, 1.54) is 38.3 Å². The maximum absolute atomic E-state index is 12.5. The van der Waals surface area contributed by atoms with E-state index >= 15 is 0 Å². The van der Waals surface area contributed by atoms with Gasteiger partial charge in [-0.15, -0.1) is 0 Å². The highest BCUT2D eigenvalue weighted by atomic mass is 16.6. The maximum Gasteiger partial charge on any atom is 0.328 e. The molecule has 0 bridgehead atoms. The van der Waals surface area contributed by atoms with Gasteiger partial charge < -0.3 is 14.8 Å². The SMILES string of the molecule is COc1ccc([N+](=O)[O-])cc1NC(=O)[C@@H](C)OC(=O)Cn1[nH]c(=O)c2ccccc2c1=O. The number of aromatic amines is 1. The minimum atomic E-state index is -1.31. The first-order valence-corrected chi connectivity index (χ1v) is 9.26. The molecule has 0 aliphatic rings. The van der Waals surface area contributed by atoms with Gasteiger partial charge in [0.1, 0.15) is 12.3 Å². The molecule has 2 N–H and O–H groups in total. The number of aromatic nitrogens is 2. The highest BCUT2D eigenvalue weighted by molar-refractivity contribution is 5.96. The van der Waals surface area contributed by atoms with E-state index in [4.69, 9.17) is 9.47 Å². The number of hydrogen-bond acceptors (Lipinski definition) is 8. The third-order valence-corrected chi connectivity index (χ3v) is 4.50. The Morgan fingerprint density at radius 2 is 1.88 bits per heavy atom.